The number of hydrogen-bond acceptors (Lipinski definition) is 4. The normalized spacial score (nSPS) is 10.2. The van der Waals surface area contributed by atoms with Crippen LogP contribution in [0.1, 0.15) is 18.9 Å². The maximum atomic E-state index is 11.4. The van der Waals surface area contributed by atoms with Crippen LogP contribution in [-0.2, 0) is 19.1 Å². The molecule has 1 aromatic carbocycles. The van der Waals surface area contributed by atoms with Gasteiger partial charge in [0.05, 0.1) is 6.61 Å². The Balaban J connectivity index is 2.41. The highest BCUT2D eigenvalue weighted by Gasteiger charge is 2.11. The minimum Gasteiger partial charge on any atom is -0.466 e. The maximum absolute atomic E-state index is 11.4. The van der Waals surface area contributed by atoms with Crippen molar-refractivity contribution in [2.75, 3.05) is 6.61 Å². The fourth-order valence-electron chi connectivity index (χ4n) is 1.30. The first kappa shape index (κ1) is 14.6. The smallest absolute Gasteiger partial charge is 0.315 e. The van der Waals surface area contributed by atoms with Gasteiger partial charge in [0.2, 0.25) is 5.91 Å². The lowest BCUT2D eigenvalue weighted by Crippen LogP contribution is -2.30. The number of esters is 1. The highest BCUT2D eigenvalue weighted by molar-refractivity contribution is 6.07. The molecule has 0 bridgehead atoms. The van der Waals surface area contributed by atoms with Crippen molar-refractivity contribution >= 4 is 23.9 Å². The lowest BCUT2D eigenvalue weighted by Gasteiger charge is -2.01. The van der Waals surface area contributed by atoms with Gasteiger partial charge in [-0.25, -0.2) is 0 Å². The highest BCUT2D eigenvalue weighted by Crippen LogP contribution is 2.00. The van der Waals surface area contributed by atoms with E-state index in [-0.39, 0.29) is 6.61 Å². The molecule has 0 spiro atoms. The van der Waals surface area contributed by atoms with Crippen LogP contribution in [0.2, 0.25) is 0 Å². The van der Waals surface area contributed by atoms with Crippen LogP contribution in [0.15, 0.2) is 36.4 Å². The van der Waals surface area contributed by atoms with Crippen LogP contribution in [0.3, 0.4) is 0 Å². The molecular weight excluding hydrogens is 246 g/mol. The molecule has 0 saturated carbocycles. The van der Waals surface area contributed by atoms with E-state index in [4.69, 9.17) is 0 Å². The maximum Gasteiger partial charge on any atom is 0.315 e. The monoisotopic (exact) mass is 261 g/mol. The summed E-state index contributed by atoms with van der Waals surface area (Å²) in [5.74, 6) is -1.90. The molecule has 100 valence electrons. The number of amides is 2. The van der Waals surface area contributed by atoms with E-state index in [1.807, 2.05) is 30.3 Å². The van der Waals surface area contributed by atoms with Crippen molar-refractivity contribution in [3.05, 3.63) is 42.0 Å². The van der Waals surface area contributed by atoms with Gasteiger partial charge in [0.25, 0.3) is 5.91 Å². The lowest BCUT2D eigenvalue weighted by atomic mass is 10.2. The zero-order valence-electron chi connectivity index (χ0n) is 10.6. The Morgan fingerprint density at radius 3 is 2.53 bits per heavy atom. The van der Waals surface area contributed by atoms with E-state index in [2.05, 4.69) is 10.1 Å². The van der Waals surface area contributed by atoms with Gasteiger partial charge in [-0.1, -0.05) is 30.3 Å². The molecule has 1 N–H and O–H groups in total. The van der Waals surface area contributed by atoms with Gasteiger partial charge in [-0.05, 0) is 18.6 Å². The predicted octanol–water partition coefficient (Wildman–Crippen LogP) is 1.30. The van der Waals surface area contributed by atoms with Crippen molar-refractivity contribution in [1.29, 1.82) is 0 Å². The van der Waals surface area contributed by atoms with Crippen LogP contribution >= 0.6 is 0 Å². The van der Waals surface area contributed by atoms with Crippen molar-refractivity contribution in [2.24, 2.45) is 0 Å². The Labute approximate surface area is 111 Å². The standard InChI is InChI=1S/C14H15NO4/c1-2-19-14(18)10-13(17)15-12(16)9-8-11-6-4-3-5-7-11/h3-9H,2,10H2,1H3,(H,15,16,17). The third kappa shape index (κ3) is 6.16. The molecule has 0 atom stereocenters. The number of carbonyl (C=O) groups excluding carboxylic acids is 3. The molecule has 1 aromatic rings. The van der Waals surface area contributed by atoms with Gasteiger partial charge in [-0.15, -0.1) is 0 Å². The molecule has 0 aliphatic carbocycles. The van der Waals surface area contributed by atoms with E-state index in [0.29, 0.717) is 0 Å². The van der Waals surface area contributed by atoms with Crippen LogP contribution in [0.4, 0.5) is 0 Å². The molecule has 0 heterocycles. The van der Waals surface area contributed by atoms with Gasteiger partial charge in [-0.2, -0.15) is 0 Å². The molecule has 0 aliphatic rings. The summed E-state index contributed by atoms with van der Waals surface area (Å²) in [7, 11) is 0. The summed E-state index contributed by atoms with van der Waals surface area (Å²) in [6, 6.07) is 9.18. The summed E-state index contributed by atoms with van der Waals surface area (Å²) < 4.78 is 4.59. The number of imide groups is 1. The van der Waals surface area contributed by atoms with Crippen LogP contribution in [0.5, 0.6) is 0 Å². The number of hydrogen-bond donors (Lipinski definition) is 1. The molecule has 0 saturated heterocycles. The molecular formula is C14H15NO4. The van der Waals surface area contributed by atoms with Gasteiger partial charge < -0.3 is 4.74 Å². The number of ether oxygens (including phenoxy) is 1. The number of benzene rings is 1. The lowest BCUT2D eigenvalue weighted by molar-refractivity contribution is -0.146. The second kappa shape index (κ2) is 7.81. The average molecular weight is 261 g/mol. The topological polar surface area (TPSA) is 72.5 Å². The van der Waals surface area contributed by atoms with Gasteiger partial charge in [0.1, 0.15) is 6.42 Å². The van der Waals surface area contributed by atoms with Crippen molar-refractivity contribution in [3.63, 3.8) is 0 Å². The van der Waals surface area contributed by atoms with Crippen LogP contribution in [0, 0.1) is 0 Å². The predicted molar refractivity (Wildman–Crippen MR) is 69.9 cm³/mol. The zero-order valence-corrected chi connectivity index (χ0v) is 10.6. The summed E-state index contributed by atoms with van der Waals surface area (Å²) >= 11 is 0. The summed E-state index contributed by atoms with van der Waals surface area (Å²) in [5.41, 5.74) is 0.843. The minimum atomic E-state index is -0.679. The minimum absolute atomic E-state index is 0.202. The third-order valence-electron chi connectivity index (χ3n) is 2.10. The molecule has 19 heavy (non-hydrogen) atoms. The second-order valence-electron chi connectivity index (χ2n) is 3.64. The number of rotatable bonds is 5. The quantitative estimate of drug-likeness (QED) is 0.492. The zero-order chi connectivity index (χ0) is 14.1. The van der Waals surface area contributed by atoms with Crippen molar-refractivity contribution < 1.29 is 19.1 Å². The van der Waals surface area contributed by atoms with Gasteiger partial charge in [0, 0.05) is 6.08 Å². The number of nitrogens with one attached hydrogen (secondary N) is 1. The van der Waals surface area contributed by atoms with E-state index < -0.39 is 24.2 Å². The summed E-state index contributed by atoms with van der Waals surface area (Å²) in [5, 5.41) is 2.07. The Bertz CT molecular complexity index is 479. The largest absolute Gasteiger partial charge is 0.466 e. The fraction of sp³-hybridized carbons (Fsp3) is 0.214. The fourth-order valence-corrected chi connectivity index (χ4v) is 1.30. The van der Waals surface area contributed by atoms with Crippen molar-refractivity contribution in [1.82, 2.24) is 5.32 Å². The van der Waals surface area contributed by atoms with E-state index in [9.17, 15) is 14.4 Å². The van der Waals surface area contributed by atoms with Crippen molar-refractivity contribution in [3.8, 4) is 0 Å². The number of carbonyl (C=O) groups is 3. The van der Waals surface area contributed by atoms with Gasteiger partial charge in [0.15, 0.2) is 0 Å². The molecule has 5 heteroatoms. The first-order valence-electron chi connectivity index (χ1n) is 5.84. The van der Waals surface area contributed by atoms with Crippen LogP contribution in [0.25, 0.3) is 6.08 Å². The molecule has 0 unspecified atom stereocenters. The Hall–Kier alpha value is -2.43. The Morgan fingerprint density at radius 2 is 1.89 bits per heavy atom. The Morgan fingerprint density at radius 1 is 1.21 bits per heavy atom. The summed E-state index contributed by atoms with van der Waals surface area (Å²) in [6.07, 6.45) is 2.35. The molecule has 0 aliphatic heterocycles. The van der Waals surface area contributed by atoms with E-state index in [0.717, 1.165) is 5.56 Å². The first-order chi connectivity index (χ1) is 9.11. The highest BCUT2D eigenvalue weighted by atomic mass is 16.5. The molecule has 0 fully saturated rings. The first-order valence-corrected chi connectivity index (χ1v) is 5.84. The molecule has 1 rings (SSSR count). The average Bonchev–Trinajstić information content (AvgIpc) is 2.37. The van der Waals surface area contributed by atoms with E-state index >= 15 is 0 Å². The van der Waals surface area contributed by atoms with Crippen LogP contribution < -0.4 is 5.32 Å². The van der Waals surface area contributed by atoms with E-state index in [1.54, 1.807) is 13.0 Å². The second-order valence-corrected chi connectivity index (χ2v) is 3.64. The molecule has 5 nitrogen and oxygen atoms in total. The van der Waals surface area contributed by atoms with Gasteiger partial charge >= 0.3 is 5.97 Å². The third-order valence-corrected chi connectivity index (χ3v) is 2.10. The van der Waals surface area contributed by atoms with E-state index in [1.165, 1.54) is 6.08 Å². The van der Waals surface area contributed by atoms with Crippen LogP contribution in [-0.4, -0.2) is 24.4 Å². The summed E-state index contributed by atoms with van der Waals surface area (Å²) in [4.78, 5) is 33.7. The summed E-state index contributed by atoms with van der Waals surface area (Å²) in [6.45, 7) is 1.84. The molecule has 0 radical (unpaired) electrons. The molecule has 0 aromatic heterocycles. The van der Waals surface area contributed by atoms with Gasteiger partial charge in [-0.3, -0.25) is 19.7 Å². The molecule has 2 amide bonds. The van der Waals surface area contributed by atoms with Crippen molar-refractivity contribution in [2.45, 2.75) is 13.3 Å². The Kier molecular flexibility index (Phi) is 6.02. The SMILES string of the molecule is CCOC(=O)CC(=O)NC(=O)C=Cc1ccccc1.